The predicted octanol–water partition coefficient (Wildman–Crippen LogP) is 4.14. The van der Waals surface area contributed by atoms with Crippen LogP contribution in [0, 0.1) is 12.7 Å². The Bertz CT molecular complexity index is 747. The van der Waals surface area contributed by atoms with Crippen molar-refractivity contribution < 1.29 is 9.18 Å². The first-order valence-corrected chi connectivity index (χ1v) is 10.6. The molecule has 0 bridgehead atoms. The summed E-state index contributed by atoms with van der Waals surface area (Å²) in [4.78, 5) is 12.0. The summed E-state index contributed by atoms with van der Waals surface area (Å²) in [5.41, 5.74) is 1.47. The monoisotopic (exact) mass is 394 g/mol. The van der Waals surface area contributed by atoms with Gasteiger partial charge in [-0.1, -0.05) is 54.5 Å². The maximum absolute atomic E-state index is 13.2. The molecule has 0 radical (unpaired) electrons. The highest BCUT2D eigenvalue weighted by molar-refractivity contribution is 8.01. The first-order valence-electron chi connectivity index (χ1n) is 8.85. The number of hydrogen-bond acceptors (Lipinski definition) is 6. The highest BCUT2D eigenvalue weighted by Crippen LogP contribution is 2.28. The number of carbonyl (C=O) groups excluding carboxylic acids is 1. The van der Waals surface area contributed by atoms with Gasteiger partial charge < -0.3 is 10.6 Å². The van der Waals surface area contributed by atoms with Crippen LogP contribution in [-0.2, 0) is 11.3 Å². The summed E-state index contributed by atoms with van der Waals surface area (Å²) in [6.45, 7) is 2.11. The predicted molar refractivity (Wildman–Crippen MR) is 104 cm³/mol. The lowest BCUT2D eigenvalue weighted by atomic mass is 9.96. The fraction of sp³-hybridized carbons (Fsp3) is 0.500. The Morgan fingerprint density at radius 3 is 2.88 bits per heavy atom. The number of halogens is 1. The lowest BCUT2D eigenvalue weighted by molar-refractivity contribution is -0.118. The van der Waals surface area contributed by atoms with E-state index in [0.717, 1.165) is 15.0 Å². The zero-order valence-electron chi connectivity index (χ0n) is 14.8. The molecule has 0 aliphatic heterocycles. The summed E-state index contributed by atoms with van der Waals surface area (Å²) in [6, 6.07) is 5.35. The van der Waals surface area contributed by atoms with Crippen LogP contribution in [0.3, 0.4) is 0 Å². The van der Waals surface area contributed by atoms with Gasteiger partial charge in [0.25, 0.3) is 0 Å². The average molecular weight is 395 g/mol. The summed E-state index contributed by atoms with van der Waals surface area (Å²) in [5.74, 6) is -0.0170. The van der Waals surface area contributed by atoms with Crippen molar-refractivity contribution in [2.45, 2.75) is 56.0 Å². The van der Waals surface area contributed by atoms with Gasteiger partial charge in [0.2, 0.25) is 11.0 Å². The summed E-state index contributed by atoms with van der Waals surface area (Å²) < 4.78 is 14.0. The van der Waals surface area contributed by atoms with E-state index in [-0.39, 0.29) is 17.5 Å². The molecule has 140 valence electrons. The summed E-state index contributed by atoms with van der Waals surface area (Å²) in [6.07, 6.45) is 6.24. The van der Waals surface area contributed by atoms with Crippen LogP contribution in [0.1, 0.15) is 43.2 Å². The van der Waals surface area contributed by atoms with Gasteiger partial charge in [-0.2, -0.15) is 0 Å². The van der Waals surface area contributed by atoms with Crippen LogP contribution in [0.4, 0.5) is 9.52 Å². The Morgan fingerprint density at radius 2 is 2.12 bits per heavy atom. The number of nitrogens with one attached hydrogen (secondary N) is 2. The smallest absolute Gasteiger partial charge is 0.230 e. The maximum Gasteiger partial charge on any atom is 0.230 e. The molecule has 26 heavy (non-hydrogen) atoms. The zero-order chi connectivity index (χ0) is 18.4. The fourth-order valence-corrected chi connectivity index (χ4v) is 4.60. The van der Waals surface area contributed by atoms with E-state index in [0.29, 0.717) is 18.2 Å². The molecule has 1 heterocycles. The van der Waals surface area contributed by atoms with E-state index in [1.807, 2.05) is 0 Å². The minimum atomic E-state index is -0.232. The van der Waals surface area contributed by atoms with Gasteiger partial charge >= 0.3 is 0 Å². The molecule has 8 heteroatoms. The first kappa shape index (κ1) is 19.1. The SMILES string of the molecule is Cc1cc(CNC(=O)CSc2nnc(NC3CCCCC3)s2)ccc1F. The quantitative estimate of drug-likeness (QED) is 0.691. The molecular formula is C18H23FN4OS2. The molecule has 2 N–H and O–H groups in total. The van der Waals surface area contributed by atoms with Gasteiger partial charge in [0.05, 0.1) is 5.75 Å². The standard InChI is InChI=1S/C18H23FN4OS2/c1-12-9-13(7-8-15(12)19)10-20-16(24)11-25-18-23-22-17(26-18)21-14-5-3-2-4-6-14/h7-9,14H,2-6,10-11H2,1H3,(H,20,24)(H,21,22). The molecule has 0 saturated heterocycles. The molecule has 3 rings (SSSR count). The second kappa shape index (κ2) is 9.32. The minimum absolute atomic E-state index is 0.0750. The van der Waals surface area contributed by atoms with Gasteiger partial charge in [0.15, 0.2) is 4.34 Å². The van der Waals surface area contributed by atoms with Crippen molar-refractivity contribution >= 4 is 34.1 Å². The van der Waals surface area contributed by atoms with Crippen LogP contribution in [0.2, 0.25) is 0 Å². The Labute approximate surface area is 161 Å². The summed E-state index contributed by atoms with van der Waals surface area (Å²) in [7, 11) is 0. The lowest BCUT2D eigenvalue weighted by Crippen LogP contribution is -2.24. The Balaban J connectivity index is 1.40. The van der Waals surface area contributed by atoms with Crippen LogP contribution >= 0.6 is 23.1 Å². The number of thioether (sulfide) groups is 1. The van der Waals surface area contributed by atoms with Gasteiger partial charge in [-0.3, -0.25) is 4.79 Å². The number of aromatic nitrogens is 2. The third-order valence-corrected chi connectivity index (χ3v) is 6.37. The second-order valence-corrected chi connectivity index (χ2v) is 8.70. The van der Waals surface area contributed by atoms with Crippen molar-refractivity contribution in [3.05, 3.63) is 35.1 Å². The third-order valence-electron chi connectivity index (χ3n) is 4.38. The fourth-order valence-electron chi connectivity index (χ4n) is 2.94. The first-order chi connectivity index (χ1) is 12.6. The van der Waals surface area contributed by atoms with Gasteiger partial charge in [-0.15, -0.1) is 10.2 Å². The molecule has 1 aliphatic carbocycles. The van der Waals surface area contributed by atoms with Gasteiger partial charge in [0.1, 0.15) is 5.82 Å². The van der Waals surface area contributed by atoms with Crippen molar-refractivity contribution in [3.8, 4) is 0 Å². The summed E-state index contributed by atoms with van der Waals surface area (Å²) in [5, 5.41) is 15.4. The molecule has 1 aromatic carbocycles. The molecule has 0 atom stereocenters. The molecule has 1 aromatic heterocycles. The molecule has 2 aromatic rings. The van der Waals surface area contributed by atoms with Crippen LogP contribution in [0.15, 0.2) is 22.5 Å². The lowest BCUT2D eigenvalue weighted by Gasteiger charge is -2.21. The van der Waals surface area contributed by atoms with E-state index in [4.69, 9.17) is 0 Å². The third kappa shape index (κ3) is 5.67. The molecule has 0 unspecified atom stereocenters. The number of anilines is 1. The molecular weight excluding hydrogens is 371 g/mol. The van der Waals surface area contributed by atoms with Crippen LogP contribution in [0.5, 0.6) is 0 Å². The van der Waals surface area contributed by atoms with Crippen molar-refractivity contribution in [1.82, 2.24) is 15.5 Å². The van der Waals surface area contributed by atoms with Gasteiger partial charge in [-0.25, -0.2) is 4.39 Å². The number of hydrogen-bond donors (Lipinski definition) is 2. The molecule has 5 nitrogen and oxygen atoms in total. The van der Waals surface area contributed by atoms with E-state index in [9.17, 15) is 9.18 Å². The Hall–Kier alpha value is -1.67. The molecule has 1 fully saturated rings. The van der Waals surface area contributed by atoms with Gasteiger partial charge in [-0.05, 0) is 37.0 Å². The minimum Gasteiger partial charge on any atom is -0.357 e. The van der Waals surface area contributed by atoms with E-state index in [2.05, 4.69) is 20.8 Å². The van der Waals surface area contributed by atoms with Crippen molar-refractivity contribution in [3.63, 3.8) is 0 Å². The summed E-state index contributed by atoms with van der Waals surface area (Å²) >= 11 is 2.88. The average Bonchev–Trinajstić information content (AvgIpc) is 3.09. The van der Waals surface area contributed by atoms with Crippen LogP contribution in [0.25, 0.3) is 0 Å². The Kier molecular flexibility index (Phi) is 6.85. The van der Waals surface area contributed by atoms with Crippen molar-refractivity contribution in [1.29, 1.82) is 0 Å². The zero-order valence-corrected chi connectivity index (χ0v) is 16.4. The highest BCUT2D eigenvalue weighted by Gasteiger charge is 2.15. The number of benzene rings is 1. The number of nitrogens with zero attached hydrogens (tertiary/aromatic N) is 2. The van der Waals surface area contributed by atoms with E-state index >= 15 is 0 Å². The van der Waals surface area contributed by atoms with Crippen LogP contribution in [-0.4, -0.2) is 27.9 Å². The molecule has 1 aliphatic rings. The largest absolute Gasteiger partial charge is 0.357 e. The molecule has 1 saturated carbocycles. The number of carbonyl (C=O) groups is 1. The van der Waals surface area contributed by atoms with E-state index in [1.54, 1.807) is 19.1 Å². The topological polar surface area (TPSA) is 66.9 Å². The van der Waals surface area contributed by atoms with Crippen molar-refractivity contribution in [2.75, 3.05) is 11.1 Å². The number of amides is 1. The van der Waals surface area contributed by atoms with E-state index < -0.39 is 0 Å². The maximum atomic E-state index is 13.2. The Morgan fingerprint density at radius 1 is 1.31 bits per heavy atom. The van der Waals surface area contributed by atoms with E-state index in [1.165, 1.54) is 61.3 Å². The van der Waals surface area contributed by atoms with Gasteiger partial charge in [0, 0.05) is 12.6 Å². The normalized spacial score (nSPS) is 15.0. The second-order valence-electron chi connectivity index (χ2n) is 6.50. The number of rotatable bonds is 7. The molecule has 1 amide bonds. The molecule has 0 spiro atoms. The van der Waals surface area contributed by atoms with Crippen molar-refractivity contribution in [2.24, 2.45) is 0 Å². The highest BCUT2D eigenvalue weighted by atomic mass is 32.2. The van der Waals surface area contributed by atoms with Crippen LogP contribution < -0.4 is 10.6 Å². The number of aryl methyl sites for hydroxylation is 1.